The first kappa shape index (κ1) is 15.0. The van der Waals surface area contributed by atoms with Crippen molar-refractivity contribution in [2.75, 3.05) is 7.05 Å². The number of carbonyl (C=O) groups excluding carboxylic acids is 1. The third-order valence-corrected chi connectivity index (χ3v) is 2.78. The molecule has 0 bridgehead atoms. The van der Waals surface area contributed by atoms with Gasteiger partial charge in [0, 0.05) is 23.7 Å². The molecule has 0 unspecified atom stereocenters. The molecule has 1 rings (SSSR count). The minimum absolute atomic E-state index is 0.104. The minimum atomic E-state index is -0.679. The smallest absolute Gasteiger partial charge is 0.288 e. The first-order valence-corrected chi connectivity index (χ1v) is 5.63. The number of hydrogen-bond acceptors (Lipinski definition) is 4. The molecule has 1 amide bonds. The zero-order valence-electron chi connectivity index (χ0n) is 9.61. The Labute approximate surface area is 118 Å². The van der Waals surface area contributed by atoms with Gasteiger partial charge < -0.3 is 5.32 Å². The summed E-state index contributed by atoms with van der Waals surface area (Å²) in [5.74, 6) is -0.615. The summed E-state index contributed by atoms with van der Waals surface area (Å²) in [6.45, 7) is 0. The molecule has 98 valence electrons. The largest absolute Gasteiger partial charge is 0.354 e. The first-order chi connectivity index (χ1) is 8.90. The third-order valence-electron chi connectivity index (χ3n) is 2.15. The Morgan fingerprint density at radius 3 is 2.58 bits per heavy atom. The van der Waals surface area contributed by atoms with Crippen LogP contribution in [0.2, 0.25) is 10.0 Å². The van der Waals surface area contributed by atoms with Gasteiger partial charge in [-0.05, 0) is 12.1 Å². The lowest BCUT2D eigenvalue weighted by Crippen LogP contribution is -2.19. The highest BCUT2D eigenvalue weighted by Crippen LogP contribution is 2.31. The van der Waals surface area contributed by atoms with Gasteiger partial charge in [-0.2, -0.15) is 5.26 Å². The first-order valence-electron chi connectivity index (χ1n) is 4.88. The molecule has 1 aromatic carbocycles. The Bertz CT molecular complexity index is 620. The van der Waals surface area contributed by atoms with E-state index in [0.717, 1.165) is 12.1 Å². The lowest BCUT2D eigenvalue weighted by Gasteiger charge is -2.02. The van der Waals surface area contributed by atoms with Gasteiger partial charge in [-0.25, -0.2) is 0 Å². The SMILES string of the molecule is CNC(=O)/C(C#N)=C\c1cc([N+](=O)[O-])c(Cl)cc1Cl. The predicted molar refractivity (Wildman–Crippen MR) is 70.8 cm³/mol. The minimum Gasteiger partial charge on any atom is -0.354 e. The zero-order chi connectivity index (χ0) is 14.6. The van der Waals surface area contributed by atoms with Gasteiger partial charge in [-0.1, -0.05) is 23.2 Å². The molecule has 0 aromatic heterocycles. The molecule has 0 heterocycles. The van der Waals surface area contributed by atoms with Gasteiger partial charge in [-0.15, -0.1) is 0 Å². The van der Waals surface area contributed by atoms with Crippen LogP contribution in [-0.2, 0) is 4.79 Å². The van der Waals surface area contributed by atoms with E-state index >= 15 is 0 Å². The Kier molecular flexibility index (Phi) is 4.87. The van der Waals surface area contributed by atoms with Crippen LogP contribution in [0.3, 0.4) is 0 Å². The number of carbonyl (C=O) groups is 1. The van der Waals surface area contributed by atoms with Crippen molar-refractivity contribution in [1.29, 1.82) is 5.26 Å². The standard InChI is InChI=1S/C11H7Cl2N3O3/c1-15-11(17)7(5-14)2-6-3-10(16(18)19)9(13)4-8(6)12/h2-4H,1H3,(H,15,17)/b7-2-. The van der Waals surface area contributed by atoms with E-state index in [1.807, 2.05) is 0 Å². The third kappa shape index (κ3) is 3.44. The lowest BCUT2D eigenvalue weighted by atomic mass is 10.1. The number of amides is 1. The Hall–Kier alpha value is -2.10. The van der Waals surface area contributed by atoms with E-state index in [0.29, 0.717) is 0 Å². The van der Waals surface area contributed by atoms with E-state index in [2.05, 4.69) is 5.32 Å². The van der Waals surface area contributed by atoms with Crippen molar-refractivity contribution in [1.82, 2.24) is 5.32 Å². The fourth-order valence-corrected chi connectivity index (χ4v) is 1.75. The summed E-state index contributed by atoms with van der Waals surface area (Å²) in [5.41, 5.74) is -0.412. The van der Waals surface area contributed by atoms with Crippen molar-refractivity contribution in [2.45, 2.75) is 0 Å². The molecule has 0 aliphatic carbocycles. The van der Waals surface area contributed by atoms with E-state index < -0.39 is 10.8 Å². The molecule has 0 saturated heterocycles. The molecular formula is C11H7Cl2N3O3. The van der Waals surface area contributed by atoms with Crippen LogP contribution in [0.4, 0.5) is 5.69 Å². The summed E-state index contributed by atoms with van der Waals surface area (Å²) in [7, 11) is 1.36. The normalized spacial score (nSPS) is 10.7. The number of benzene rings is 1. The molecular weight excluding hydrogens is 293 g/mol. The molecule has 0 aliphatic rings. The highest BCUT2D eigenvalue weighted by atomic mass is 35.5. The van der Waals surface area contributed by atoms with Crippen molar-refractivity contribution in [3.8, 4) is 6.07 Å². The lowest BCUT2D eigenvalue weighted by molar-refractivity contribution is -0.384. The quantitative estimate of drug-likeness (QED) is 0.401. The number of nitro benzene ring substituents is 1. The van der Waals surface area contributed by atoms with Crippen LogP contribution in [0.15, 0.2) is 17.7 Å². The second-order valence-corrected chi connectivity index (χ2v) is 4.15. The predicted octanol–water partition coefficient (Wildman–Crippen LogP) is 2.55. The van der Waals surface area contributed by atoms with Crippen molar-refractivity contribution in [3.63, 3.8) is 0 Å². The summed E-state index contributed by atoms with van der Waals surface area (Å²) in [6, 6.07) is 3.97. The molecule has 0 atom stereocenters. The Morgan fingerprint density at radius 1 is 1.47 bits per heavy atom. The molecule has 0 fully saturated rings. The average Bonchev–Trinajstić information content (AvgIpc) is 2.36. The van der Waals surface area contributed by atoms with E-state index in [4.69, 9.17) is 28.5 Å². The highest BCUT2D eigenvalue weighted by Gasteiger charge is 2.16. The molecule has 19 heavy (non-hydrogen) atoms. The number of likely N-dealkylation sites (N-methyl/N-ethyl adjacent to an activating group) is 1. The number of halogens is 2. The van der Waals surface area contributed by atoms with Crippen molar-refractivity contribution in [2.24, 2.45) is 0 Å². The van der Waals surface area contributed by atoms with Gasteiger partial charge in [0.15, 0.2) is 0 Å². The van der Waals surface area contributed by atoms with Crippen LogP contribution in [0.1, 0.15) is 5.56 Å². The number of nitrogens with zero attached hydrogens (tertiary/aromatic N) is 2. The van der Waals surface area contributed by atoms with E-state index in [-0.39, 0.29) is 26.9 Å². The molecule has 0 aliphatic heterocycles. The number of rotatable bonds is 3. The second kappa shape index (κ2) is 6.18. The number of nitrogens with one attached hydrogen (secondary N) is 1. The van der Waals surface area contributed by atoms with Crippen LogP contribution in [0.5, 0.6) is 0 Å². The number of nitriles is 1. The van der Waals surface area contributed by atoms with Gasteiger partial charge in [0.2, 0.25) is 0 Å². The van der Waals surface area contributed by atoms with E-state index in [1.54, 1.807) is 6.07 Å². The second-order valence-electron chi connectivity index (χ2n) is 3.33. The Balaban J connectivity index is 3.40. The fourth-order valence-electron chi connectivity index (χ4n) is 1.24. The number of nitro groups is 1. The molecule has 8 heteroatoms. The summed E-state index contributed by atoms with van der Waals surface area (Å²) in [5, 5.41) is 21.8. The summed E-state index contributed by atoms with van der Waals surface area (Å²) in [4.78, 5) is 21.4. The molecule has 0 spiro atoms. The van der Waals surface area contributed by atoms with Crippen molar-refractivity contribution >= 4 is 40.9 Å². The van der Waals surface area contributed by atoms with Crippen molar-refractivity contribution in [3.05, 3.63) is 43.4 Å². The summed E-state index contributed by atoms with van der Waals surface area (Å²) < 4.78 is 0. The topological polar surface area (TPSA) is 96.0 Å². The molecule has 6 nitrogen and oxygen atoms in total. The zero-order valence-corrected chi connectivity index (χ0v) is 11.1. The fraction of sp³-hybridized carbons (Fsp3) is 0.0909. The van der Waals surface area contributed by atoms with Crippen molar-refractivity contribution < 1.29 is 9.72 Å². The van der Waals surface area contributed by atoms with Crippen LogP contribution in [0.25, 0.3) is 6.08 Å². The maximum absolute atomic E-state index is 11.3. The molecule has 0 radical (unpaired) electrons. The van der Waals surface area contributed by atoms with Crippen LogP contribution in [0, 0.1) is 21.4 Å². The van der Waals surface area contributed by atoms with Gasteiger partial charge in [-0.3, -0.25) is 14.9 Å². The maximum Gasteiger partial charge on any atom is 0.288 e. The molecule has 1 N–H and O–H groups in total. The monoisotopic (exact) mass is 299 g/mol. The average molecular weight is 300 g/mol. The Morgan fingerprint density at radius 2 is 2.11 bits per heavy atom. The maximum atomic E-state index is 11.3. The van der Waals surface area contributed by atoms with E-state index in [9.17, 15) is 14.9 Å². The van der Waals surface area contributed by atoms with Gasteiger partial charge in [0.1, 0.15) is 16.7 Å². The van der Waals surface area contributed by atoms with Gasteiger partial charge in [0.05, 0.1) is 4.92 Å². The molecule has 0 saturated carbocycles. The van der Waals surface area contributed by atoms with Gasteiger partial charge >= 0.3 is 0 Å². The van der Waals surface area contributed by atoms with Crippen LogP contribution in [-0.4, -0.2) is 17.9 Å². The van der Waals surface area contributed by atoms with Gasteiger partial charge in [0.25, 0.3) is 11.6 Å². The van der Waals surface area contributed by atoms with Crippen LogP contribution >= 0.6 is 23.2 Å². The summed E-state index contributed by atoms with van der Waals surface area (Å²) >= 11 is 11.5. The van der Waals surface area contributed by atoms with E-state index in [1.165, 1.54) is 13.1 Å². The highest BCUT2D eigenvalue weighted by molar-refractivity contribution is 6.36. The van der Waals surface area contributed by atoms with Crippen LogP contribution < -0.4 is 5.32 Å². The summed E-state index contributed by atoms with van der Waals surface area (Å²) in [6.07, 6.45) is 1.16. The number of hydrogen-bond donors (Lipinski definition) is 1. The molecule has 1 aromatic rings.